The summed E-state index contributed by atoms with van der Waals surface area (Å²) in [7, 11) is 1.64. The van der Waals surface area contributed by atoms with Crippen molar-refractivity contribution in [2.45, 2.75) is 13.3 Å². The fourth-order valence-corrected chi connectivity index (χ4v) is 1.88. The molecule has 2 rings (SSSR count). The summed E-state index contributed by atoms with van der Waals surface area (Å²) in [6.45, 7) is 1.96. The lowest BCUT2D eigenvalue weighted by Crippen LogP contribution is -2.14. The van der Waals surface area contributed by atoms with Crippen LogP contribution in [0.1, 0.15) is 11.1 Å². The summed E-state index contributed by atoms with van der Waals surface area (Å²) in [5.74, 6) is 0.772. The number of amides is 1. The van der Waals surface area contributed by atoms with E-state index in [4.69, 9.17) is 4.74 Å². The summed E-state index contributed by atoms with van der Waals surface area (Å²) >= 11 is 0. The summed E-state index contributed by atoms with van der Waals surface area (Å²) in [6, 6.07) is 9.33. The summed E-state index contributed by atoms with van der Waals surface area (Å²) in [4.78, 5) is 15.8. The van der Waals surface area contributed by atoms with Gasteiger partial charge in [0.05, 0.1) is 25.4 Å². The van der Waals surface area contributed by atoms with Gasteiger partial charge < -0.3 is 10.1 Å². The number of hydrogen-bond acceptors (Lipinski definition) is 3. The van der Waals surface area contributed by atoms with Gasteiger partial charge in [-0.1, -0.05) is 12.1 Å². The van der Waals surface area contributed by atoms with Crippen LogP contribution in [-0.4, -0.2) is 18.0 Å². The lowest BCUT2D eigenvalue weighted by Gasteiger charge is -2.08. The maximum atomic E-state index is 11.9. The van der Waals surface area contributed by atoms with Gasteiger partial charge in [-0.15, -0.1) is 0 Å². The minimum atomic E-state index is -0.0578. The van der Waals surface area contributed by atoms with E-state index in [0.29, 0.717) is 12.1 Å². The van der Waals surface area contributed by atoms with Crippen molar-refractivity contribution in [3.63, 3.8) is 0 Å². The Bertz CT molecular complexity index is 568. The molecule has 0 saturated carbocycles. The van der Waals surface area contributed by atoms with Crippen LogP contribution in [0, 0.1) is 6.92 Å². The highest BCUT2D eigenvalue weighted by molar-refractivity contribution is 5.92. The number of hydrogen-bond donors (Lipinski definition) is 1. The number of aromatic nitrogens is 1. The van der Waals surface area contributed by atoms with Gasteiger partial charge in [0, 0.05) is 6.20 Å². The Kier molecular flexibility index (Phi) is 4.13. The van der Waals surface area contributed by atoms with Crippen LogP contribution < -0.4 is 10.1 Å². The molecule has 19 heavy (non-hydrogen) atoms. The Morgan fingerprint density at radius 2 is 2.21 bits per heavy atom. The molecule has 0 spiro atoms. The van der Waals surface area contributed by atoms with Gasteiger partial charge >= 0.3 is 0 Å². The first-order valence-corrected chi connectivity index (χ1v) is 6.02. The van der Waals surface area contributed by atoms with Crippen LogP contribution in [0.4, 0.5) is 5.69 Å². The quantitative estimate of drug-likeness (QED) is 0.914. The van der Waals surface area contributed by atoms with Crippen molar-refractivity contribution >= 4 is 11.6 Å². The molecule has 1 aromatic heterocycles. The van der Waals surface area contributed by atoms with Crippen LogP contribution in [0.25, 0.3) is 0 Å². The van der Waals surface area contributed by atoms with E-state index in [1.54, 1.807) is 25.6 Å². The lowest BCUT2D eigenvalue weighted by molar-refractivity contribution is -0.115. The van der Waals surface area contributed by atoms with Crippen molar-refractivity contribution in [1.82, 2.24) is 4.98 Å². The van der Waals surface area contributed by atoms with E-state index in [2.05, 4.69) is 10.3 Å². The van der Waals surface area contributed by atoms with E-state index >= 15 is 0 Å². The number of ether oxygens (including phenoxy) is 1. The molecule has 4 nitrogen and oxygen atoms in total. The Morgan fingerprint density at radius 3 is 2.84 bits per heavy atom. The van der Waals surface area contributed by atoms with Gasteiger partial charge in [-0.05, 0) is 36.2 Å². The zero-order valence-corrected chi connectivity index (χ0v) is 11.0. The third kappa shape index (κ3) is 3.55. The standard InChI is InChI=1S/C15H16N2O2/c1-11-8-12(5-6-14(11)19-2)9-15(18)17-13-4-3-7-16-10-13/h3-8,10H,9H2,1-2H3,(H,17,18). The average molecular weight is 256 g/mol. The summed E-state index contributed by atoms with van der Waals surface area (Å²) < 4.78 is 5.19. The van der Waals surface area contributed by atoms with Crippen LogP contribution in [0.15, 0.2) is 42.7 Å². The Hall–Kier alpha value is -2.36. The molecule has 0 aliphatic rings. The van der Waals surface area contributed by atoms with Crippen molar-refractivity contribution in [3.05, 3.63) is 53.9 Å². The van der Waals surface area contributed by atoms with Crippen molar-refractivity contribution in [2.24, 2.45) is 0 Å². The highest BCUT2D eigenvalue weighted by atomic mass is 16.5. The first-order valence-electron chi connectivity index (χ1n) is 6.02. The fraction of sp³-hybridized carbons (Fsp3) is 0.200. The van der Waals surface area contributed by atoms with Crippen LogP contribution in [0.3, 0.4) is 0 Å². The van der Waals surface area contributed by atoms with Crippen molar-refractivity contribution in [2.75, 3.05) is 12.4 Å². The van der Waals surface area contributed by atoms with Gasteiger partial charge in [-0.2, -0.15) is 0 Å². The van der Waals surface area contributed by atoms with Gasteiger partial charge in [0.1, 0.15) is 5.75 Å². The predicted molar refractivity (Wildman–Crippen MR) is 74.3 cm³/mol. The number of anilines is 1. The van der Waals surface area contributed by atoms with Gasteiger partial charge in [0.25, 0.3) is 0 Å². The zero-order valence-electron chi connectivity index (χ0n) is 11.0. The third-order valence-electron chi connectivity index (χ3n) is 2.77. The molecule has 4 heteroatoms. The Labute approximate surface area is 112 Å². The minimum Gasteiger partial charge on any atom is -0.496 e. The second-order valence-corrected chi connectivity index (χ2v) is 4.27. The minimum absolute atomic E-state index is 0.0578. The number of carbonyl (C=O) groups is 1. The van der Waals surface area contributed by atoms with Crippen molar-refractivity contribution in [1.29, 1.82) is 0 Å². The number of benzene rings is 1. The molecule has 0 unspecified atom stereocenters. The van der Waals surface area contributed by atoms with Gasteiger partial charge in [0.15, 0.2) is 0 Å². The fourth-order valence-electron chi connectivity index (χ4n) is 1.88. The summed E-state index contributed by atoms with van der Waals surface area (Å²) in [5.41, 5.74) is 2.69. The monoisotopic (exact) mass is 256 g/mol. The molecule has 2 aromatic rings. The molecule has 1 aromatic carbocycles. The first-order chi connectivity index (χ1) is 9.19. The predicted octanol–water partition coefficient (Wildman–Crippen LogP) is 2.58. The molecule has 0 bridgehead atoms. The molecule has 0 fully saturated rings. The van der Waals surface area contributed by atoms with E-state index in [1.807, 2.05) is 31.2 Å². The van der Waals surface area contributed by atoms with Crippen LogP contribution in [0.2, 0.25) is 0 Å². The second-order valence-electron chi connectivity index (χ2n) is 4.27. The SMILES string of the molecule is COc1ccc(CC(=O)Nc2cccnc2)cc1C. The molecular formula is C15H16N2O2. The average Bonchev–Trinajstić information content (AvgIpc) is 2.40. The molecule has 1 heterocycles. The summed E-state index contributed by atoms with van der Waals surface area (Å²) in [5, 5.41) is 2.81. The molecular weight excluding hydrogens is 240 g/mol. The van der Waals surface area contributed by atoms with E-state index in [1.165, 1.54) is 0 Å². The number of nitrogens with one attached hydrogen (secondary N) is 1. The number of aryl methyl sites for hydroxylation is 1. The normalized spacial score (nSPS) is 10.0. The van der Waals surface area contributed by atoms with E-state index < -0.39 is 0 Å². The molecule has 98 valence electrons. The van der Waals surface area contributed by atoms with Gasteiger partial charge in [-0.3, -0.25) is 9.78 Å². The molecule has 0 atom stereocenters. The van der Waals surface area contributed by atoms with Gasteiger partial charge in [-0.25, -0.2) is 0 Å². The molecule has 0 saturated heterocycles. The molecule has 0 aliphatic heterocycles. The Morgan fingerprint density at radius 1 is 1.37 bits per heavy atom. The number of methoxy groups -OCH3 is 1. The number of pyridine rings is 1. The third-order valence-corrected chi connectivity index (χ3v) is 2.77. The maximum Gasteiger partial charge on any atom is 0.228 e. The van der Waals surface area contributed by atoms with Crippen LogP contribution in [-0.2, 0) is 11.2 Å². The molecule has 1 N–H and O–H groups in total. The number of nitrogens with zero attached hydrogens (tertiary/aromatic N) is 1. The highest BCUT2D eigenvalue weighted by Crippen LogP contribution is 2.19. The lowest BCUT2D eigenvalue weighted by atomic mass is 10.1. The largest absolute Gasteiger partial charge is 0.496 e. The van der Waals surface area contributed by atoms with Crippen LogP contribution in [0.5, 0.6) is 5.75 Å². The zero-order chi connectivity index (χ0) is 13.7. The second kappa shape index (κ2) is 6.00. The molecule has 0 aliphatic carbocycles. The number of carbonyl (C=O) groups excluding carboxylic acids is 1. The van der Waals surface area contributed by atoms with Crippen molar-refractivity contribution < 1.29 is 9.53 Å². The van der Waals surface area contributed by atoms with E-state index in [9.17, 15) is 4.79 Å². The maximum absolute atomic E-state index is 11.9. The Balaban J connectivity index is 2.01. The van der Waals surface area contributed by atoms with E-state index in [0.717, 1.165) is 16.9 Å². The number of rotatable bonds is 4. The molecule has 0 radical (unpaired) electrons. The van der Waals surface area contributed by atoms with Gasteiger partial charge in [0.2, 0.25) is 5.91 Å². The topological polar surface area (TPSA) is 51.2 Å². The highest BCUT2D eigenvalue weighted by Gasteiger charge is 2.06. The van der Waals surface area contributed by atoms with Crippen LogP contribution >= 0.6 is 0 Å². The molecule has 1 amide bonds. The van der Waals surface area contributed by atoms with Crippen molar-refractivity contribution in [3.8, 4) is 5.75 Å². The smallest absolute Gasteiger partial charge is 0.228 e. The summed E-state index contributed by atoms with van der Waals surface area (Å²) in [6.07, 6.45) is 3.62. The van der Waals surface area contributed by atoms with E-state index in [-0.39, 0.29) is 5.91 Å². The first kappa shape index (κ1) is 13.1.